The van der Waals surface area contributed by atoms with Gasteiger partial charge in [-0.15, -0.1) is 0 Å². The molecular formula is C16H23N5OS. The number of rotatable bonds is 6. The van der Waals surface area contributed by atoms with Crippen LogP contribution in [-0.4, -0.2) is 31.4 Å². The van der Waals surface area contributed by atoms with E-state index < -0.39 is 0 Å². The summed E-state index contributed by atoms with van der Waals surface area (Å²) in [6.45, 7) is 10.8. The van der Waals surface area contributed by atoms with E-state index >= 15 is 0 Å². The average molecular weight is 333 g/mol. The van der Waals surface area contributed by atoms with Crippen LogP contribution in [0.3, 0.4) is 0 Å². The van der Waals surface area contributed by atoms with Crippen LogP contribution in [0.5, 0.6) is 0 Å². The van der Waals surface area contributed by atoms with Crippen LogP contribution in [0, 0.1) is 20.8 Å². The van der Waals surface area contributed by atoms with Gasteiger partial charge in [-0.25, -0.2) is 9.97 Å². The van der Waals surface area contributed by atoms with Gasteiger partial charge in [0.1, 0.15) is 0 Å². The largest absolute Gasteiger partial charge is 0.349 e. The number of carbonyl (C=O) groups excluding carboxylic acids is 1. The molecule has 6 nitrogen and oxygen atoms in total. The second-order valence-corrected chi connectivity index (χ2v) is 6.40. The zero-order valence-corrected chi connectivity index (χ0v) is 15.1. The molecule has 0 aliphatic carbocycles. The molecule has 7 heteroatoms. The molecule has 1 amide bonds. The van der Waals surface area contributed by atoms with Crippen LogP contribution in [0.4, 0.5) is 0 Å². The molecule has 0 saturated heterocycles. The second kappa shape index (κ2) is 7.59. The number of hydrogen-bond acceptors (Lipinski definition) is 5. The fourth-order valence-corrected chi connectivity index (χ4v) is 3.31. The molecule has 0 bridgehead atoms. The molecule has 2 rings (SSSR count). The average Bonchev–Trinajstić information content (AvgIpc) is 2.79. The van der Waals surface area contributed by atoms with Crippen molar-refractivity contribution < 1.29 is 4.79 Å². The van der Waals surface area contributed by atoms with Crippen molar-refractivity contribution in [1.29, 1.82) is 0 Å². The van der Waals surface area contributed by atoms with Gasteiger partial charge in [0, 0.05) is 29.7 Å². The summed E-state index contributed by atoms with van der Waals surface area (Å²) in [5.74, 6) is 0.268. The van der Waals surface area contributed by atoms with E-state index in [0.717, 1.165) is 29.2 Å². The highest BCUT2D eigenvalue weighted by Gasteiger charge is 2.18. The fraction of sp³-hybridized carbons (Fsp3) is 0.500. The Bertz CT molecular complexity index is 698. The van der Waals surface area contributed by atoms with Gasteiger partial charge in [-0.2, -0.15) is 5.10 Å². The molecule has 0 fully saturated rings. The van der Waals surface area contributed by atoms with Gasteiger partial charge in [0.2, 0.25) is 5.91 Å². The van der Waals surface area contributed by atoms with Gasteiger partial charge in [-0.05, 0) is 40.7 Å². The highest BCUT2D eigenvalue weighted by molar-refractivity contribution is 7.99. The SMILES string of the molecule is CCn1nc(C)c(C(C)NC(=O)CSc2nccc(C)n2)c1C. The highest BCUT2D eigenvalue weighted by atomic mass is 32.2. The smallest absolute Gasteiger partial charge is 0.230 e. The molecule has 2 heterocycles. The Morgan fingerprint density at radius 3 is 2.74 bits per heavy atom. The summed E-state index contributed by atoms with van der Waals surface area (Å²) >= 11 is 1.34. The molecule has 1 unspecified atom stereocenters. The van der Waals surface area contributed by atoms with Gasteiger partial charge >= 0.3 is 0 Å². The molecular weight excluding hydrogens is 310 g/mol. The van der Waals surface area contributed by atoms with Crippen LogP contribution in [0.2, 0.25) is 0 Å². The minimum Gasteiger partial charge on any atom is -0.349 e. The van der Waals surface area contributed by atoms with Crippen molar-refractivity contribution in [3.05, 3.63) is 34.9 Å². The molecule has 0 radical (unpaired) electrons. The zero-order chi connectivity index (χ0) is 17.0. The Balaban J connectivity index is 1.96. The lowest BCUT2D eigenvalue weighted by atomic mass is 10.1. The summed E-state index contributed by atoms with van der Waals surface area (Å²) in [6, 6.07) is 1.77. The lowest BCUT2D eigenvalue weighted by Gasteiger charge is -2.14. The van der Waals surface area contributed by atoms with E-state index in [1.54, 1.807) is 6.20 Å². The van der Waals surface area contributed by atoms with Crippen molar-refractivity contribution in [2.75, 3.05) is 5.75 Å². The molecule has 0 aromatic carbocycles. The summed E-state index contributed by atoms with van der Waals surface area (Å²) in [5.41, 5.74) is 4.06. The van der Waals surface area contributed by atoms with Crippen LogP contribution in [-0.2, 0) is 11.3 Å². The van der Waals surface area contributed by atoms with Crippen molar-refractivity contribution in [2.45, 2.75) is 52.4 Å². The summed E-state index contributed by atoms with van der Waals surface area (Å²) < 4.78 is 1.96. The lowest BCUT2D eigenvalue weighted by Crippen LogP contribution is -2.29. The third kappa shape index (κ3) is 4.31. The first kappa shape index (κ1) is 17.5. The third-order valence-electron chi connectivity index (χ3n) is 3.65. The van der Waals surface area contributed by atoms with Crippen LogP contribution < -0.4 is 5.32 Å². The first-order valence-corrected chi connectivity index (χ1v) is 8.66. The van der Waals surface area contributed by atoms with Gasteiger partial charge in [-0.1, -0.05) is 11.8 Å². The number of nitrogens with one attached hydrogen (secondary N) is 1. The fourth-order valence-electron chi connectivity index (χ4n) is 2.63. The Morgan fingerprint density at radius 1 is 1.39 bits per heavy atom. The minimum atomic E-state index is -0.0678. The van der Waals surface area contributed by atoms with Crippen LogP contribution >= 0.6 is 11.8 Å². The summed E-state index contributed by atoms with van der Waals surface area (Å²) in [5, 5.41) is 8.16. The maximum absolute atomic E-state index is 12.2. The molecule has 0 saturated carbocycles. The molecule has 23 heavy (non-hydrogen) atoms. The maximum Gasteiger partial charge on any atom is 0.230 e. The number of amides is 1. The predicted octanol–water partition coefficient (Wildman–Crippen LogP) is 2.59. The number of carbonyl (C=O) groups is 1. The topological polar surface area (TPSA) is 72.7 Å². The van der Waals surface area contributed by atoms with Crippen molar-refractivity contribution in [3.63, 3.8) is 0 Å². The molecule has 0 aliphatic rings. The number of aromatic nitrogens is 4. The third-order valence-corrected chi connectivity index (χ3v) is 4.51. The van der Waals surface area contributed by atoms with Crippen molar-refractivity contribution in [1.82, 2.24) is 25.1 Å². The molecule has 0 aliphatic heterocycles. The summed E-state index contributed by atoms with van der Waals surface area (Å²) in [4.78, 5) is 20.6. The van der Waals surface area contributed by atoms with E-state index in [-0.39, 0.29) is 11.9 Å². The van der Waals surface area contributed by atoms with E-state index in [4.69, 9.17) is 0 Å². The molecule has 1 atom stereocenters. The second-order valence-electron chi connectivity index (χ2n) is 5.46. The number of aryl methyl sites for hydroxylation is 3. The monoisotopic (exact) mass is 333 g/mol. The lowest BCUT2D eigenvalue weighted by molar-refractivity contribution is -0.119. The molecule has 2 aromatic rings. The van der Waals surface area contributed by atoms with Crippen LogP contribution in [0.25, 0.3) is 0 Å². The summed E-state index contributed by atoms with van der Waals surface area (Å²) in [6.07, 6.45) is 1.71. The minimum absolute atomic E-state index is 0.0318. The van der Waals surface area contributed by atoms with Gasteiger partial charge in [0.05, 0.1) is 17.5 Å². The quantitative estimate of drug-likeness (QED) is 0.650. The van der Waals surface area contributed by atoms with E-state index in [9.17, 15) is 4.79 Å². The van der Waals surface area contributed by atoms with Crippen LogP contribution in [0.1, 0.15) is 42.5 Å². The Hall–Kier alpha value is -1.89. The standard InChI is InChI=1S/C16H23N5OS/c1-6-21-13(5)15(12(4)20-21)11(3)19-14(22)9-23-16-17-8-7-10(2)18-16/h7-8,11H,6,9H2,1-5H3,(H,19,22). The van der Waals surface area contributed by atoms with Gasteiger partial charge < -0.3 is 5.32 Å². The van der Waals surface area contributed by atoms with Crippen molar-refractivity contribution >= 4 is 17.7 Å². The Morgan fingerprint density at radius 2 is 2.13 bits per heavy atom. The summed E-state index contributed by atoms with van der Waals surface area (Å²) in [7, 11) is 0. The zero-order valence-electron chi connectivity index (χ0n) is 14.3. The van der Waals surface area contributed by atoms with Gasteiger partial charge in [0.25, 0.3) is 0 Å². The Kier molecular flexibility index (Phi) is 5.76. The van der Waals surface area contributed by atoms with E-state index in [2.05, 4.69) is 27.3 Å². The maximum atomic E-state index is 12.2. The molecule has 0 spiro atoms. The van der Waals surface area contributed by atoms with Crippen LogP contribution in [0.15, 0.2) is 17.4 Å². The Labute approximate surface area is 141 Å². The normalized spacial score (nSPS) is 12.2. The van der Waals surface area contributed by atoms with Gasteiger partial charge in [-0.3, -0.25) is 9.48 Å². The first-order valence-electron chi connectivity index (χ1n) is 7.68. The number of hydrogen-bond donors (Lipinski definition) is 1. The highest BCUT2D eigenvalue weighted by Crippen LogP contribution is 2.21. The van der Waals surface area contributed by atoms with E-state index in [1.165, 1.54) is 11.8 Å². The first-order chi connectivity index (χ1) is 10.9. The van der Waals surface area contributed by atoms with E-state index in [1.807, 2.05) is 38.4 Å². The van der Waals surface area contributed by atoms with Crippen molar-refractivity contribution in [3.8, 4) is 0 Å². The predicted molar refractivity (Wildman–Crippen MR) is 91.4 cm³/mol. The number of nitrogens with zero attached hydrogens (tertiary/aromatic N) is 4. The number of thioether (sulfide) groups is 1. The molecule has 2 aromatic heterocycles. The molecule has 124 valence electrons. The van der Waals surface area contributed by atoms with Crippen molar-refractivity contribution in [2.24, 2.45) is 0 Å². The molecule has 1 N–H and O–H groups in total. The van der Waals surface area contributed by atoms with E-state index in [0.29, 0.717) is 10.9 Å². The van der Waals surface area contributed by atoms with Gasteiger partial charge in [0.15, 0.2) is 5.16 Å².